The average Bonchev–Trinajstić information content (AvgIpc) is 2.40. The van der Waals surface area contributed by atoms with Crippen molar-refractivity contribution >= 4 is 17.3 Å². The standard InChI is InChI=1S/C16H19N3O/c1-16(2,3)12-6-4-11(5-7-12)15(20)19-14-10-18-9-8-13(14)17/h4-10H,1-3H3,(H2,17,18)(H,19,20). The van der Waals surface area contributed by atoms with Gasteiger partial charge in [-0.1, -0.05) is 32.9 Å². The molecule has 4 nitrogen and oxygen atoms in total. The number of carbonyl (C=O) groups excluding carboxylic acids is 1. The van der Waals surface area contributed by atoms with Crippen molar-refractivity contribution in [2.75, 3.05) is 11.1 Å². The molecule has 2 rings (SSSR count). The van der Waals surface area contributed by atoms with E-state index in [9.17, 15) is 4.79 Å². The third-order valence-corrected chi connectivity index (χ3v) is 3.12. The van der Waals surface area contributed by atoms with Crippen LogP contribution in [0.25, 0.3) is 0 Å². The van der Waals surface area contributed by atoms with Crippen LogP contribution in [0, 0.1) is 0 Å². The number of aromatic nitrogens is 1. The van der Waals surface area contributed by atoms with E-state index in [1.165, 1.54) is 11.8 Å². The molecule has 2 aromatic rings. The van der Waals surface area contributed by atoms with Crippen LogP contribution in [0.15, 0.2) is 42.7 Å². The number of nitrogens with zero attached hydrogens (tertiary/aromatic N) is 1. The number of anilines is 2. The lowest BCUT2D eigenvalue weighted by atomic mass is 9.87. The maximum Gasteiger partial charge on any atom is 0.255 e. The number of benzene rings is 1. The predicted molar refractivity (Wildman–Crippen MR) is 81.7 cm³/mol. The summed E-state index contributed by atoms with van der Waals surface area (Å²) in [7, 11) is 0. The Morgan fingerprint density at radius 1 is 1.15 bits per heavy atom. The van der Waals surface area contributed by atoms with E-state index in [2.05, 4.69) is 31.1 Å². The lowest BCUT2D eigenvalue weighted by Gasteiger charge is -2.19. The number of amides is 1. The van der Waals surface area contributed by atoms with E-state index in [1.54, 1.807) is 12.3 Å². The number of nitrogens with one attached hydrogen (secondary N) is 1. The summed E-state index contributed by atoms with van der Waals surface area (Å²) >= 11 is 0. The summed E-state index contributed by atoms with van der Waals surface area (Å²) in [6.45, 7) is 6.41. The molecule has 0 saturated heterocycles. The number of hydrogen-bond acceptors (Lipinski definition) is 3. The van der Waals surface area contributed by atoms with Crippen molar-refractivity contribution in [3.63, 3.8) is 0 Å². The Morgan fingerprint density at radius 3 is 2.35 bits per heavy atom. The molecule has 1 heterocycles. The van der Waals surface area contributed by atoms with Crippen LogP contribution in [0.5, 0.6) is 0 Å². The number of pyridine rings is 1. The van der Waals surface area contributed by atoms with Gasteiger partial charge < -0.3 is 11.1 Å². The molecule has 0 bridgehead atoms. The van der Waals surface area contributed by atoms with Crippen LogP contribution < -0.4 is 11.1 Å². The fourth-order valence-electron chi connectivity index (χ4n) is 1.83. The van der Waals surface area contributed by atoms with Crippen LogP contribution in [-0.4, -0.2) is 10.9 Å². The molecule has 0 saturated carbocycles. The first-order valence-corrected chi connectivity index (χ1v) is 6.49. The fraction of sp³-hybridized carbons (Fsp3) is 0.250. The average molecular weight is 269 g/mol. The highest BCUT2D eigenvalue weighted by atomic mass is 16.1. The second-order valence-corrected chi connectivity index (χ2v) is 5.74. The van der Waals surface area contributed by atoms with E-state index in [4.69, 9.17) is 5.73 Å². The van der Waals surface area contributed by atoms with Gasteiger partial charge in [-0.05, 0) is 29.2 Å². The maximum atomic E-state index is 12.1. The molecule has 0 fully saturated rings. The molecule has 0 aliphatic carbocycles. The molecular weight excluding hydrogens is 250 g/mol. The summed E-state index contributed by atoms with van der Waals surface area (Å²) in [4.78, 5) is 16.1. The molecule has 4 heteroatoms. The second-order valence-electron chi connectivity index (χ2n) is 5.74. The highest BCUT2D eigenvalue weighted by Crippen LogP contribution is 2.23. The van der Waals surface area contributed by atoms with Crippen LogP contribution in [0.1, 0.15) is 36.7 Å². The van der Waals surface area contributed by atoms with Gasteiger partial charge in [0.05, 0.1) is 17.6 Å². The molecule has 1 aromatic carbocycles. The van der Waals surface area contributed by atoms with E-state index in [-0.39, 0.29) is 11.3 Å². The minimum atomic E-state index is -0.190. The van der Waals surface area contributed by atoms with Crippen LogP contribution in [0.3, 0.4) is 0 Å². The Balaban J connectivity index is 2.16. The summed E-state index contributed by atoms with van der Waals surface area (Å²) in [5, 5.41) is 2.76. The number of nitrogens with two attached hydrogens (primary N) is 1. The molecule has 1 aromatic heterocycles. The molecule has 0 unspecified atom stereocenters. The van der Waals surface area contributed by atoms with Crippen molar-refractivity contribution in [3.05, 3.63) is 53.9 Å². The van der Waals surface area contributed by atoms with Crippen molar-refractivity contribution in [1.82, 2.24) is 4.98 Å². The Morgan fingerprint density at radius 2 is 1.80 bits per heavy atom. The Labute approximate surface area is 119 Å². The van der Waals surface area contributed by atoms with Gasteiger partial charge in [0.1, 0.15) is 0 Å². The second kappa shape index (κ2) is 5.33. The lowest BCUT2D eigenvalue weighted by Crippen LogP contribution is -2.15. The van der Waals surface area contributed by atoms with Crippen molar-refractivity contribution in [2.45, 2.75) is 26.2 Å². The molecule has 3 N–H and O–H groups in total. The molecule has 104 valence electrons. The van der Waals surface area contributed by atoms with Gasteiger partial charge in [0, 0.05) is 11.8 Å². The summed E-state index contributed by atoms with van der Waals surface area (Å²) in [6.07, 6.45) is 3.12. The van der Waals surface area contributed by atoms with Gasteiger partial charge in [-0.3, -0.25) is 9.78 Å². The Kier molecular flexibility index (Phi) is 3.74. The molecule has 0 atom stereocenters. The monoisotopic (exact) mass is 269 g/mol. The number of hydrogen-bond donors (Lipinski definition) is 2. The van der Waals surface area contributed by atoms with Gasteiger partial charge in [-0.2, -0.15) is 0 Å². The molecule has 0 spiro atoms. The largest absolute Gasteiger partial charge is 0.397 e. The Hall–Kier alpha value is -2.36. The smallest absolute Gasteiger partial charge is 0.255 e. The van der Waals surface area contributed by atoms with Gasteiger partial charge in [0.2, 0.25) is 0 Å². The van der Waals surface area contributed by atoms with E-state index in [0.29, 0.717) is 16.9 Å². The zero-order valence-electron chi connectivity index (χ0n) is 12.0. The van der Waals surface area contributed by atoms with Crippen LogP contribution in [-0.2, 0) is 5.41 Å². The lowest BCUT2D eigenvalue weighted by molar-refractivity contribution is 0.102. The zero-order valence-corrected chi connectivity index (χ0v) is 12.0. The summed E-state index contributed by atoms with van der Waals surface area (Å²) in [6, 6.07) is 9.24. The molecule has 20 heavy (non-hydrogen) atoms. The highest BCUT2D eigenvalue weighted by molar-refractivity contribution is 6.05. The quantitative estimate of drug-likeness (QED) is 0.879. The van der Waals surface area contributed by atoms with E-state index < -0.39 is 0 Å². The molecule has 0 aliphatic heterocycles. The van der Waals surface area contributed by atoms with Gasteiger partial charge >= 0.3 is 0 Å². The van der Waals surface area contributed by atoms with Gasteiger partial charge in [-0.25, -0.2) is 0 Å². The molecule has 0 radical (unpaired) electrons. The topological polar surface area (TPSA) is 68.0 Å². The number of rotatable bonds is 2. The summed E-state index contributed by atoms with van der Waals surface area (Å²) in [5.41, 5.74) is 8.66. The first kappa shape index (κ1) is 14.1. The normalized spacial score (nSPS) is 11.2. The maximum absolute atomic E-state index is 12.1. The Bertz CT molecular complexity index is 612. The third-order valence-electron chi connectivity index (χ3n) is 3.12. The van der Waals surface area contributed by atoms with Gasteiger partial charge in [0.25, 0.3) is 5.91 Å². The third kappa shape index (κ3) is 3.15. The molecule has 0 aliphatic rings. The van der Waals surface area contributed by atoms with Crippen LogP contribution in [0.2, 0.25) is 0 Å². The van der Waals surface area contributed by atoms with Crippen LogP contribution >= 0.6 is 0 Å². The van der Waals surface area contributed by atoms with E-state index in [1.807, 2.05) is 24.3 Å². The minimum absolute atomic E-state index is 0.0722. The molecule has 1 amide bonds. The highest BCUT2D eigenvalue weighted by Gasteiger charge is 2.14. The van der Waals surface area contributed by atoms with Crippen molar-refractivity contribution < 1.29 is 4.79 Å². The minimum Gasteiger partial charge on any atom is -0.397 e. The van der Waals surface area contributed by atoms with E-state index in [0.717, 1.165) is 0 Å². The van der Waals surface area contributed by atoms with Crippen LogP contribution in [0.4, 0.5) is 11.4 Å². The number of nitrogen functional groups attached to an aromatic ring is 1. The zero-order chi connectivity index (χ0) is 14.8. The first-order valence-electron chi connectivity index (χ1n) is 6.49. The summed E-state index contributed by atoms with van der Waals surface area (Å²) in [5.74, 6) is -0.190. The SMILES string of the molecule is CC(C)(C)c1ccc(C(=O)Nc2cnccc2N)cc1. The first-order chi connectivity index (χ1) is 9.38. The molecular formula is C16H19N3O. The van der Waals surface area contributed by atoms with Gasteiger partial charge in [0.15, 0.2) is 0 Å². The van der Waals surface area contributed by atoms with Crippen molar-refractivity contribution in [3.8, 4) is 0 Å². The number of carbonyl (C=O) groups is 1. The summed E-state index contributed by atoms with van der Waals surface area (Å²) < 4.78 is 0. The predicted octanol–water partition coefficient (Wildman–Crippen LogP) is 3.21. The fourth-order valence-corrected chi connectivity index (χ4v) is 1.83. The van der Waals surface area contributed by atoms with Crippen molar-refractivity contribution in [2.24, 2.45) is 0 Å². The van der Waals surface area contributed by atoms with Crippen molar-refractivity contribution in [1.29, 1.82) is 0 Å². The van der Waals surface area contributed by atoms with E-state index >= 15 is 0 Å². The van der Waals surface area contributed by atoms with Gasteiger partial charge in [-0.15, -0.1) is 0 Å².